The molecule has 7 nitrogen and oxygen atoms in total. The first-order valence-electron chi connectivity index (χ1n) is 14.5. The number of likely N-dealkylation sites (tertiary alicyclic amines) is 1. The number of alkyl halides is 6. The van der Waals surface area contributed by atoms with E-state index in [1.165, 1.54) is 11.8 Å². The van der Waals surface area contributed by atoms with Crippen LogP contribution >= 0.6 is 0 Å². The smallest absolute Gasteiger partial charge is 0.416 e. The van der Waals surface area contributed by atoms with E-state index in [0.717, 1.165) is 5.56 Å². The molecule has 3 atom stereocenters. The number of hydrogen-bond donors (Lipinski definition) is 1. The number of piperidine rings is 1. The van der Waals surface area contributed by atoms with Gasteiger partial charge in [0, 0.05) is 0 Å². The molecule has 1 spiro atoms. The monoisotopic (exact) mass is 650 g/mol. The molecule has 46 heavy (non-hydrogen) atoms. The lowest BCUT2D eigenvalue weighted by Gasteiger charge is -2.54. The fourth-order valence-electron chi connectivity index (χ4n) is 5.93. The van der Waals surface area contributed by atoms with Crippen LogP contribution in [0.3, 0.4) is 0 Å². The van der Waals surface area contributed by atoms with Gasteiger partial charge in [-0.2, -0.15) is 26.3 Å². The van der Waals surface area contributed by atoms with Crippen LogP contribution in [0.2, 0.25) is 0 Å². The molecule has 0 aliphatic carbocycles. The van der Waals surface area contributed by atoms with E-state index in [1.54, 1.807) is 54.6 Å². The van der Waals surface area contributed by atoms with Crippen molar-refractivity contribution < 1.29 is 50.1 Å². The Bertz CT molecular complexity index is 1500. The normalized spacial score (nSPS) is 22.8. The lowest BCUT2D eigenvalue weighted by Crippen LogP contribution is -2.70. The molecule has 3 aromatic rings. The summed E-state index contributed by atoms with van der Waals surface area (Å²) in [5.41, 5.74) is -4.13. The molecule has 2 amide bonds. The number of amides is 2. The Balaban J connectivity index is 1.50. The van der Waals surface area contributed by atoms with Crippen molar-refractivity contribution in [1.82, 2.24) is 10.2 Å². The molecule has 5 rings (SSSR count). The third-order valence-electron chi connectivity index (χ3n) is 8.40. The standard InChI is InChI=1S/C33H32F6N2O5/c1-22(24-14-26(32(34,35)36)16-27(15-24)33(37,38)39)46-21-31(25-10-6-3-7-11-25)13-12-30(20-44-18-28(42)40-30)19-41(31)29(43)45-17-23-8-4-2-5-9-23/h2-11,14-16,22H,12-13,17-21H2,1H3,(H,40,42)/t22-,30-,31-/m1/s1. The summed E-state index contributed by atoms with van der Waals surface area (Å²) in [6.45, 7) is 0.905. The van der Waals surface area contributed by atoms with Crippen molar-refractivity contribution in [2.45, 2.75) is 55.9 Å². The number of benzene rings is 3. The highest BCUT2D eigenvalue weighted by Crippen LogP contribution is 2.44. The third kappa shape index (κ3) is 7.31. The zero-order chi connectivity index (χ0) is 33.2. The van der Waals surface area contributed by atoms with Crippen molar-refractivity contribution in [2.75, 3.05) is 26.4 Å². The van der Waals surface area contributed by atoms with E-state index in [0.29, 0.717) is 24.1 Å². The maximum atomic E-state index is 13.9. The van der Waals surface area contributed by atoms with Crippen molar-refractivity contribution >= 4 is 12.0 Å². The highest BCUT2D eigenvalue weighted by Gasteiger charge is 2.53. The Morgan fingerprint density at radius 1 is 0.935 bits per heavy atom. The van der Waals surface area contributed by atoms with Gasteiger partial charge in [0.15, 0.2) is 0 Å². The fraction of sp³-hybridized carbons (Fsp3) is 0.394. The van der Waals surface area contributed by atoms with Crippen LogP contribution in [0.15, 0.2) is 78.9 Å². The number of hydrogen-bond acceptors (Lipinski definition) is 5. The molecule has 2 saturated heterocycles. The topological polar surface area (TPSA) is 77.1 Å². The minimum absolute atomic E-state index is 0.0548. The first-order chi connectivity index (χ1) is 21.7. The molecule has 0 radical (unpaired) electrons. The SMILES string of the molecule is C[C@@H](OC[C@@]1(c2ccccc2)CC[C@]2(COCC(=O)N2)CN1C(=O)OCc1ccccc1)c1cc(C(F)(F)F)cc(C(F)(F)F)c1. The molecule has 2 heterocycles. The van der Waals surface area contributed by atoms with Gasteiger partial charge in [-0.3, -0.25) is 9.69 Å². The molecule has 13 heteroatoms. The summed E-state index contributed by atoms with van der Waals surface area (Å²) in [6.07, 6.45) is -11.5. The van der Waals surface area contributed by atoms with Crippen LogP contribution in [0.1, 0.15) is 53.7 Å². The number of morpholine rings is 1. The van der Waals surface area contributed by atoms with Crippen molar-refractivity contribution in [3.63, 3.8) is 0 Å². The second-order valence-corrected chi connectivity index (χ2v) is 11.6. The molecular formula is C33H32F6N2O5. The summed E-state index contributed by atoms with van der Waals surface area (Å²) < 4.78 is 98.9. The second kappa shape index (κ2) is 13.0. The molecular weight excluding hydrogens is 618 g/mol. The van der Waals surface area contributed by atoms with Gasteiger partial charge in [0.2, 0.25) is 5.91 Å². The van der Waals surface area contributed by atoms with E-state index in [-0.39, 0.29) is 56.9 Å². The van der Waals surface area contributed by atoms with Crippen molar-refractivity contribution in [3.05, 3.63) is 107 Å². The Hall–Kier alpha value is -4.10. The van der Waals surface area contributed by atoms with Crippen molar-refractivity contribution in [2.24, 2.45) is 0 Å². The van der Waals surface area contributed by atoms with Gasteiger partial charge >= 0.3 is 18.4 Å². The largest absolute Gasteiger partial charge is 0.445 e. The number of nitrogens with one attached hydrogen (secondary N) is 1. The van der Waals surface area contributed by atoms with E-state index in [4.69, 9.17) is 14.2 Å². The molecule has 2 aliphatic heterocycles. The van der Waals surface area contributed by atoms with Gasteiger partial charge < -0.3 is 19.5 Å². The summed E-state index contributed by atoms with van der Waals surface area (Å²) in [7, 11) is 0. The summed E-state index contributed by atoms with van der Waals surface area (Å²) in [5.74, 6) is -0.356. The zero-order valence-corrected chi connectivity index (χ0v) is 24.8. The molecule has 0 bridgehead atoms. The van der Waals surface area contributed by atoms with E-state index >= 15 is 0 Å². The Kier molecular flexibility index (Phi) is 9.37. The van der Waals surface area contributed by atoms with E-state index in [2.05, 4.69) is 5.32 Å². The van der Waals surface area contributed by atoms with E-state index in [9.17, 15) is 35.9 Å². The first-order valence-corrected chi connectivity index (χ1v) is 14.5. The molecule has 246 valence electrons. The second-order valence-electron chi connectivity index (χ2n) is 11.6. The fourth-order valence-corrected chi connectivity index (χ4v) is 5.93. The summed E-state index contributed by atoms with van der Waals surface area (Å²) >= 11 is 0. The van der Waals surface area contributed by atoms with E-state index < -0.39 is 46.8 Å². The Labute approximate surface area is 261 Å². The van der Waals surface area contributed by atoms with E-state index in [1.807, 2.05) is 6.07 Å². The maximum absolute atomic E-state index is 13.9. The predicted octanol–water partition coefficient (Wildman–Crippen LogP) is 7.02. The summed E-state index contributed by atoms with van der Waals surface area (Å²) in [5, 5.41) is 2.94. The average molecular weight is 651 g/mol. The van der Waals surface area contributed by atoms with Crippen LogP contribution in [0, 0.1) is 0 Å². The van der Waals surface area contributed by atoms with Crippen LogP contribution in [-0.2, 0) is 43.5 Å². The van der Waals surface area contributed by atoms with Gasteiger partial charge in [-0.25, -0.2) is 4.79 Å². The van der Waals surface area contributed by atoms with Crippen LogP contribution < -0.4 is 5.32 Å². The molecule has 0 saturated carbocycles. The molecule has 0 aromatic heterocycles. The average Bonchev–Trinajstić information content (AvgIpc) is 3.03. The molecule has 2 aliphatic rings. The third-order valence-corrected chi connectivity index (χ3v) is 8.40. The summed E-state index contributed by atoms with van der Waals surface area (Å²) in [4.78, 5) is 27.7. The Morgan fingerprint density at radius 2 is 1.54 bits per heavy atom. The van der Waals surface area contributed by atoms with Crippen molar-refractivity contribution in [3.8, 4) is 0 Å². The molecule has 0 unspecified atom stereocenters. The minimum Gasteiger partial charge on any atom is -0.445 e. The minimum atomic E-state index is -5.02. The molecule has 2 fully saturated rings. The number of carbonyl (C=O) groups excluding carboxylic acids is 2. The van der Waals surface area contributed by atoms with Crippen LogP contribution in [0.25, 0.3) is 0 Å². The summed E-state index contributed by atoms with van der Waals surface area (Å²) in [6, 6.07) is 19.0. The zero-order valence-electron chi connectivity index (χ0n) is 24.8. The lowest BCUT2D eigenvalue weighted by atomic mass is 9.74. The quantitative estimate of drug-likeness (QED) is 0.279. The highest BCUT2D eigenvalue weighted by atomic mass is 19.4. The number of carbonyl (C=O) groups is 2. The van der Waals surface area contributed by atoms with Crippen LogP contribution in [0.4, 0.5) is 31.1 Å². The van der Waals surface area contributed by atoms with Gasteiger partial charge in [-0.15, -0.1) is 0 Å². The number of ether oxygens (including phenoxy) is 3. The molecule has 1 N–H and O–H groups in total. The van der Waals surface area contributed by atoms with Gasteiger partial charge in [-0.1, -0.05) is 60.7 Å². The highest BCUT2D eigenvalue weighted by molar-refractivity contribution is 5.79. The number of rotatable bonds is 7. The van der Waals surface area contributed by atoms with Gasteiger partial charge in [-0.05, 0) is 54.7 Å². The lowest BCUT2D eigenvalue weighted by molar-refractivity contribution is -0.143. The number of nitrogens with zero attached hydrogens (tertiary/aromatic N) is 1. The van der Waals surface area contributed by atoms with Crippen molar-refractivity contribution in [1.29, 1.82) is 0 Å². The predicted molar refractivity (Wildman–Crippen MR) is 153 cm³/mol. The molecule has 3 aromatic carbocycles. The Morgan fingerprint density at radius 3 is 2.13 bits per heavy atom. The maximum Gasteiger partial charge on any atom is 0.416 e. The number of halogens is 6. The van der Waals surface area contributed by atoms with Gasteiger partial charge in [0.1, 0.15) is 13.2 Å². The van der Waals surface area contributed by atoms with Gasteiger partial charge in [0.25, 0.3) is 0 Å². The van der Waals surface area contributed by atoms with Crippen LogP contribution in [-0.4, -0.2) is 48.8 Å². The first kappa shape index (κ1) is 33.3. The van der Waals surface area contributed by atoms with Gasteiger partial charge in [0.05, 0.1) is 48.1 Å². The van der Waals surface area contributed by atoms with Crippen LogP contribution in [0.5, 0.6) is 0 Å².